The zero-order chi connectivity index (χ0) is 27.6. The molecule has 38 heavy (non-hydrogen) atoms. The van der Waals surface area contributed by atoms with Gasteiger partial charge in [-0.15, -0.1) is 10.2 Å². The minimum absolute atomic E-state index is 0.0222. The molecule has 3 N–H and O–H groups in total. The molecule has 1 aliphatic rings. The summed E-state index contributed by atoms with van der Waals surface area (Å²) in [6.07, 6.45) is -4.67. The van der Waals surface area contributed by atoms with Crippen LogP contribution in [0.5, 0.6) is 11.6 Å². The third-order valence-electron chi connectivity index (χ3n) is 6.70. The second-order valence-corrected chi connectivity index (χ2v) is 9.43. The number of nitrogens with zero attached hydrogens (tertiary/aromatic N) is 5. The number of aromatic hydroxyl groups is 2. The standard InChI is InChI=1S/C26H28F3N5O4/c1-15-6-7-18(12-16(15)2)34-21(13-26(27,28)29)30-24(25(34)38)32-31-20-5-3-4-19(23(20)37)17-8-10-33(11-9-17)14-22(35)36/h3-7,12,17,37-38H,8-11,13-14H2,1-2H3,(H,35,36). The number of likely N-dealkylation sites (tertiary alicyclic amines) is 1. The molecule has 0 aliphatic carbocycles. The van der Waals surface area contributed by atoms with Crippen molar-refractivity contribution >= 4 is 17.5 Å². The van der Waals surface area contributed by atoms with Crippen molar-refractivity contribution in [3.05, 3.63) is 58.9 Å². The Balaban J connectivity index is 1.63. The van der Waals surface area contributed by atoms with E-state index in [1.165, 1.54) is 6.07 Å². The van der Waals surface area contributed by atoms with Gasteiger partial charge in [0.15, 0.2) is 0 Å². The minimum atomic E-state index is -4.57. The van der Waals surface area contributed by atoms with Gasteiger partial charge in [-0.05, 0) is 80.6 Å². The highest BCUT2D eigenvalue weighted by Gasteiger charge is 2.33. The van der Waals surface area contributed by atoms with Crippen LogP contribution in [0, 0.1) is 13.8 Å². The van der Waals surface area contributed by atoms with E-state index in [1.807, 2.05) is 18.7 Å². The van der Waals surface area contributed by atoms with E-state index in [-0.39, 0.29) is 23.9 Å². The van der Waals surface area contributed by atoms with Gasteiger partial charge in [0.25, 0.3) is 0 Å². The molecule has 9 nitrogen and oxygen atoms in total. The molecular weight excluding hydrogens is 503 g/mol. The number of benzene rings is 2. The Bertz CT molecular complexity index is 1360. The van der Waals surface area contributed by atoms with Crippen molar-refractivity contribution in [1.29, 1.82) is 0 Å². The monoisotopic (exact) mass is 531 g/mol. The lowest BCUT2D eigenvalue weighted by atomic mass is 9.88. The molecule has 1 aromatic heterocycles. The van der Waals surface area contributed by atoms with Crippen molar-refractivity contribution in [2.24, 2.45) is 10.2 Å². The van der Waals surface area contributed by atoms with Crippen molar-refractivity contribution in [3.8, 4) is 17.3 Å². The number of aryl methyl sites for hydroxylation is 2. The molecule has 0 bridgehead atoms. The molecule has 1 fully saturated rings. The predicted octanol–water partition coefficient (Wildman–Crippen LogP) is 5.68. The fourth-order valence-electron chi connectivity index (χ4n) is 4.60. The summed E-state index contributed by atoms with van der Waals surface area (Å²) in [5.41, 5.74) is 2.77. The first-order valence-electron chi connectivity index (χ1n) is 12.1. The molecule has 1 saturated heterocycles. The summed E-state index contributed by atoms with van der Waals surface area (Å²) in [4.78, 5) is 16.7. The summed E-state index contributed by atoms with van der Waals surface area (Å²) in [6, 6.07) is 9.89. The van der Waals surface area contributed by atoms with Crippen LogP contribution in [-0.2, 0) is 11.2 Å². The van der Waals surface area contributed by atoms with Crippen molar-refractivity contribution in [3.63, 3.8) is 0 Å². The Morgan fingerprint density at radius 2 is 1.79 bits per heavy atom. The van der Waals surface area contributed by atoms with Gasteiger partial charge in [0.2, 0.25) is 11.7 Å². The van der Waals surface area contributed by atoms with Crippen LogP contribution >= 0.6 is 0 Å². The van der Waals surface area contributed by atoms with E-state index in [1.54, 1.807) is 30.3 Å². The summed E-state index contributed by atoms with van der Waals surface area (Å²) < 4.78 is 40.8. The topological polar surface area (TPSA) is 124 Å². The number of aromatic nitrogens is 2. The summed E-state index contributed by atoms with van der Waals surface area (Å²) >= 11 is 0. The van der Waals surface area contributed by atoms with Gasteiger partial charge in [-0.2, -0.15) is 13.2 Å². The molecule has 0 spiro atoms. The van der Waals surface area contributed by atoms with Crippen LogP contribution in [0.4, 0.5) is 24.7 Å². The van der Waals surface area contributed by atoms with Gasteiger partial charge in [-0.25, -0.2) is 4.98 Å². The molecule has 12 heteroatoms. The molecule has 0 atom stereocenters. The van der Waals surface area contributed by atoms with Crippen LogP contribution < -0.4 is 0 Å². The minimum Gasteiger partial charge on any atom is -0.505 e. The lowest BCUT2D eigenvalue weighted by molar-refractivity contribution is -0.138. The molecule has 1 aliphatic heterocycles. The lowest BCUT2D eigenvalue weighted by Gasteiger charge is -2.31. The normalized spacial score (nSPS) is 15.4. The Morgan fingerprint density at radius 3 is 2.42 bits per heavy atom. The van der Waals surface area contributed by atoms with E-state index >= 15 is 0 Å². The quantitative estimate of drug-likeness (QED) is 0.337. The number of hydrogen-bond donors (Lipinski definition) is 3. The van der Waals surface area contributed by atoms with Crippen molar-refractivity contribution in [2.75, 3.05) is 19.6 Å². The molecule has 2 aromatic carbocycles. The number of imidazole rings is 1. The highest BCUT2D eigenvalue weighted by molar-refractivity contribution is 5.69. The van der Waals surface area contributed by atoms with Gasteiger partial charge in [0.05, 0.1) is 12.2 Å². The van der Waals surface area contributed by atoms with Crippen LogP contribution in [0.3, 0.4) is 0 Å². The fraction of sp³-hybridized carbons (Fsp3) is 0.385. The van der Waals surface area contributed by atoms with Gasteiger partial charge >= 0.3 is 12.1 Å². The Labute approximate surface area is 216 Å². The number of carbonyl (C=O) groups is 1. The van der Waals surface area contributed by atoms with Gasteiger partial charge in [-0.1, -0.05) is 18.2 Å². The summed E-state index contributed by atoms with van der Waals surface area (Å²) in [6.45, 7) is 4.76. The van der Waals surface area contributed by atoms with E-state index in [0.29, 0.717) is 37.2 Å². The Kier molecular flexibility index (Phi) is 7.72. The van der Waals surface area contributed by atoms with Crippen molar-refractivity contribution in [2.45, 2.75) is 45.2 Å². The molecule has 0 amide bonds. The number of rotatable bonds is 7. The lowest BCUT2D eigenvalue weighted by Crippen LogP contribution is -2.36. The number of halogens is 3. The summed E-state index contributed by atoms with van der Waals surface area (Å²) in [7, 11) is 0. The third kappa shape index (κ3) is 6.13. The average molecular weight is 532 g/mol. The molecule has 0 saturated carbocycles. The van der Waals surface area contributed by atoms with Crippen LogP contribution in [0.25, 0.3) is 5.69 Å². The number of carboxylic acids is 1. The number of aliphatic carboxylic acids is 1. The smallest absolute Gasteiger partial charge is 0.396 e. The van der Waals surface area contributed by atoms with E-state index < -0.39 is 36.1 Å². The molecule has 3 aromatic rings. The van der Waals surface area contributed by atoms with Gasteiger partial charge < -0.3 is 15.3 Å². The molecule has 4 rings (SSSR count). The third-order valence-corrected chi connectivity index (χ3v) is 6.70. The molecule has 0 radical (unpaired) electrons. The number of alkyl halides is 3. The number of azo groups is 1. The van der Waals surface area contributed by atoms with Gasteiger partial charge in [-0.3, -0.25) is 14.3 Å². The highest BCUT2D eigenvalue weighted by atomic mass is 19.4. The number of piperidine rings is 1. The van der Waals surface area contributed by atoms with Crippen LogP contribution in [-0.4, -0.2) is 61.6 Å². The first-order valence-corrected chi connectivity index (χ1v) is 12.1. The van der Waals surface area contributed by atoms with Gasteiger partial charge in [0.1, 0.15) is 23.7 Å². The average Bonchev–Trinajstić information content (AvgIpc) is 3.13. The number of hydrogen-bond acceptors (Lipinski definition) is 7. The predicted molar refractivity (Wildman–Crippen MR) is 133 cm³/mol. The van der Waals surface area contributed by atoms with E-state index in [4.69, 9.17) is 5.11 Å². The van der Waals surface area contributed by atoms with Crippen molar-refractivity contribution in [1.82, 2.24) is 14.5 Å². The Morgan fingerprint density at radius 1 is 1.08 bits per heavy atom. The van der Waals surface area contributed by atoms with Crippen LogP contribution in [0.15, 0.2) is 46.6 Å². The number of phenolic OH excluding ortho intramolecular Hbond substituents is 1. The first kappa shape index (κ1) is 27.1. The number of phenols is 1. The maximum Gasteiger partial charge on any atom is 0.396 e. The van der Waals surface area contributed by atoms with E-state index in [2.05, 4.69) is 15.2 Å². The molecule has 202 valence electrons. The maximum atomic E-state index is 13.3. The molecule has 0 unspecified atom stereocenters. The van der Waals surface area contributed by atoms with E-state index in [0.717, 1.165) is 15.7 Å². The summed E-state index contributed by atoms with van der Waals surface area (Å²) in [5, 5.41) is 38.5. The van der Waals surface area contributed by atoms with E-state index in [9.17, 15) is 28.2 Å². The fourth-order valence-corrected chi connectivity index (χ4v) is 4.60. The second kappa shape index (κ2) is 10.8. The van der Waals surface area contributed by atoms with Crippen LogP contribution in [0.2, 0.25) is 0 Å². The van der Waals surface area contributed by atoms with Crippen molar-refractivity contribution < 1.29 is 33.3 Å². The first-order chi connectivity index (χ1) is 17.9. The zero-order valence-corrected chi connectivity index (χ0v) is 20.9. The molecule has 2 heterocycles. The number of para-hydroxylation sites is 1. The summed E-state index contributed by atoms with van der Waals surface area (Å²) in [5.74, 6) is -2.50. The SMILES string of the molecule is Cc1ccc(-n2c(CC(F)(F)F)nc(N=Nc3cccc(C4CCN(CC(=O)O)CC4)c3O)c2O)cc1C. The van der Waals surface area contributed by atoms with Gasteiger partial charge in [0, 0.05) is 0 Å². The second-order valence-electron chi connectivity index (χ2n) is 9.43. The largest absolute Gasteiger partial charge is 0.505 e. The highest BCUT2D eigenvalue weighted by Crippen LogP contribution is 2.41. The zero-order valence-electron chi connectivity index (χ0n) is 20.9. The Hall–Kier alpha value is -3.93. The number of carboxylic acid groups (broad SMARTS) is 1. The van der Waals surface area contributed by atoms with Crippen LogP contribution in [0.1, 0.15) is 41.3 Å². The molecular formula is C26H28F3N5O4. The maximum absolute atomic E-state index is 13.3.